The van der Waals surface area contributed by atoms with Crippen molar-refractivity contribution >= 4 is 5.97 Å². The minimum atomic E-state index is -0.616. The summed E-state index contributed by atoms with van der Waals surface area (Å²) in [6, 6.07) is 5.36. The van der Waals surface area contributed by atoms with Gasteiger partial charge in [-0.05, 0) is 49.1 Å². The maximum atomic E-state index is 12.1. The van der Waals surface area contributed by atoms with Crippen LogP contribution in [0.15, 0.2) is 18.2 Å². The molecule has 2 N–H and O–H groups in total. The molecule has 0 saturated heterocycles. The first-order valence-electron chi connectivity index (χ1n) is 6.75. The van der Waals surface area contributed by atoms with Gasteiger partial charge >= 0.3 is 5.97 Å². The van der Waals surface area contributed by atoms with Crippen molar-refractivity contribution in [2.75, 3.05) is 13.7 Å². The van der Waals surface area contributed by atoms with Gasteiger partial charge in [0.15, 0.2) is 0 Å². The van der Waals surface area contributed by atoms with Gasteiger partial charge in [-0.3, -0.25) is 4.79 Å². The Bertz CT molecular complexity index is 472. The van der Waals surface area contributed by atoms with Gasteiger partial charge in [-0.25, -0.2) is 0 Å². The molecular formula is C15H21NO3. The van der Waals surface area contributed by atoms with E-state index < -0.39 is 5.54 Å². The van der Waals surface area contributed by atoms with Gasteiger partial charge in [0.2, 0.25) is 0 Å². The number of phenols is 1. The Morgan fingerprint density at radius 2 is 2.26 bits per heavy atom. The third-order valence-electron chi connectivity index (χ3n) is 3.79. The van der Waals surface area contributed by atoms with E-state index in [1.165, 1.54) is 7.11 Å². The Kier molecular flexibility index (Phi) is 4.10. The number of aromatic hydroxyl groups is 1. The van der Waals surface area contributed by atoms with Gasteiger partial charge in [-0.15, -0.1) is 0 Å². The summed E-state index contributed by atoms with van der Waals surface area (Å²) in [5.74, 6) is 0.0884. The normalized spacial score (nSPS) is 21.8. The Morgan fingerprint density at radius 3 is 2.95 bits per heavy atom. The third-order valence-corrected chi connectivity index (χ3v) is 3.79. The van der Waals surface area contributed by atoms with E-state index in [0.717, 1.165) is 30.5 Å². The number of phenolic OH excluding ortho intramolecular Hbond substituents is 1. The van der Waals surface area contributed by atoms with E-state index in [0.29, 0.717) is 12.8 Å². The highest BCUT2D eigenvalue weighted by Crippen LogP contribution is 2.31. The molecule has 0 saturated carbocycles. The van der Waals surface area contributed by atoms with E-state index >= 15 is 0 Å². The molecule has 1 aliphatic carbocycles. The van der Waals surface area contributed by atoms with Crippen LogP contribution < -0.4 is 5.32 Å². The van der Waals surface area contributed by atoms with Gasteiger partial charge < -0.3 is 15.2 Å². The number of ether oxygens (including phenoxy) is 1. The molecule has 0 amide bonds. The van der Waals surface area contributed by atoms with E-state index in [4.69, 9.17) is 4.74 Å². The van der Waals surface area contributed by atoms with Crippen molar-refractivity contribution in [3.05, 3.63) is 29.3 Å². The molecule has 0 radical (unpaired) electrons. The molecule has 1 aliphatic rings. The number of methoxy groups -OCH3 is 1. The lowest BCUT2D eigenvalue weighted by Gasteiger charge is -2.36. The Balaban J connectivity index is 2.28. The van der Waals surface area contributed by atoms with Crippen LogP contribution >= 0.6 is 0 Å². The fraction of sp³-hybridized carbons (Fsp3) is 0.533. The lowest BCUT2D eigenvalue weighted by molar-refractivity contribution is -0.149. The van der Waals surface area contributed by atoms with Crippen molar-refractivity contribution in [3.8, 4) is 5.75 Å². The van der Waals surface area contributed by atoms with Crippen molar-refractivity contribution in [1.82, 2.24) is 5.32 Å². The molecule has 0 bridgehead atoms. The quantitative estimate of drug-likeness (QED) is 0.813. The fourth-order valence-corrected chi connectivity index (χ4v) is 2.74. The molecule has 0 aromatic heterocycles. The van der Waals surface area contributed by atoms with Crippen LogP contribution in [0.3, 0.4) is 0 Å². The summed E-state index contributed by atoms with van der Waals surface area (Å²) in [5, 5.41) is 12.9. The number of nitrogens with one attached hydrogen (secondary N) is 1. The van der Waals surface area contributed by atoms with Gasteiger partial charge in [0.1, 0.15) is 11.3 Å². The van der Waals surface area contributed by atoms with Gasteiger partial charge in [0.05, 0.1) is 7.11 Å². The molecule has 4 nitrogen and oxygen atoms in total. The highest BCUT2D eigenvalue weighted by atomic mass is 16.5. The first-order valence-corrected chi connectivity index (χ1v) is 6.75. The predicted molar refractivity (Wildman–Crippen MR) is 73.2 cm³/mol. The summed E-state index contributed by atoms with van der Waals surface area (Å²) in [6.45, 7) is 2.87. The van der Waals surface area contributed by atoms with Gasteiger partial charge in [-0.1, -0.05) is 13.0 Å². The molecule has 0 aliphatic heterocycles. The first-order chi connectivity index (χ1) is 9.11. The van der Waals surface area contributed by atoms with Crippen LogP contribution in [0.25, 0.3) is 0 Å². The van der Waals surface area contributed by atoms with Crippen LogP contribution in [-0.4, -0.2) is 30.3 Å². The van der Waals surface area contributed by atoms with Crippen molar-refractivity contribution in [2.45, 2.75) is 38.1 Å². The second-order valence-electron chi connectivity index (χ2n) is 5.13. The van der Waals surface area contributed by atoms with Crippen LogP contribution in [-0.2, 0) is 22.4 Å². The highest BCUT2D eigenvalue weighted by Gasteiger charge is 2.41. The molecule has 1 aromatic rings. The van der Waals surface area contributed by atoms with Gasteiger partial charge in [0.25, 0.3) is 0 Å². The molecule has 104 valence electrons. The molecule has 1 atom stereocenters. The molecule has 2 rings (SSSR count). The van der Waals surface area contributed by atoms with Crippen LogP contribution in [0.4, 0.5) is 0 Å². The number of hydrogen-bond acceptors (Lipinski definition) is 4. The number of hydrogen-bond donors (Lipinski definition) is 2. The number of carbonyl (C=O) groups is 1. The smallest absolute Gasteiger partial charge is 0.326 e. The summed E-state index contributed by atoms with van der Waals surface area (Å²) >= 11 is 0. The van der Waals surface area contributed by atoms with Crippen LogP contribution in [0.1, 0.15) is 30.9 Å². The average Bonchev–Trinajstić information content (AvgIpc) is 2.44. The fourth-order valence-electron chi connectivity index (χ4n) is 2.74. The number of rotatable bonds is 4. The number of esters is 1. The van der Waals surface area contributed by atoms with Gasteiger partial charge in [-0.2, -0.15) is 0 Å². The minimum absolute atomic E-state index is 0.195. The summed E-state index contributed by atoms with van der Waals surface area (Å²) in [7, 11) is 1.43. The molecule has 1 aromatic carbocycles. The topological polar surface area (TPSA) is 58.6 Å². The molecule has 0 spiro atoms. The van der Waals surface area contributed by atoms with E-state index in [1.54, 1.807) is 12.1 Å². The standard InChI is InChI=1S/C15H21NO3/c1-3-8-16-15(14(18)19-2)7-6-11-9-13(17)5-4-12(11)10-15/h4-5,9,16-17H,3,6-8,10H2,1-2H3. The van der Waals surface area contributed by atoms with Crippen molar-refractivity contribution < 1.29 is 14.6 Å². The monoisotopic (exact) mass is 263 g/mol. The SMILES string of the molecule is CCCNC1(C(=O)OC)CCc2cc(O)ccc2C1. The lowest BCUT2D eigenvalue weighted by Crippen LogP contribution is -2.56. The van der Waals surface area contributed by atoms with E-state index in [-0.39, 0.29) is 11.7 Å². The summed E-state index contributed by atoms with van der Waals surface area (Å²) in [6.07, 6.45) is 3.07. The van der Waals surface area contributed by atoms with Crippen LogP contribution in [0.5, 0.6) is 5.75 Å². The van der Waals surface area contributed by atoms with E-state index in [9.17, 15) is 9.90 Å². The zero-order valence-corrected chi connectivity index (χ0v) is 11.5. The molecule has 0 heterocycles. The Labute approximate surface area is 113 Å². The average molecular weight is 263 g/mol. The zero-order chi connectivity index (χ0) is 13.9. The highest BCUT2D eigenvalue weighted by molar-refractivity contribution is 5.81. The summed E-state index contributed by atoms with van der Waals surface area (Å²) in [4.78, 5) is 12.1. The number of fused-ring (bicyclic) bond motifs is 1. The molecular weight excluding hydrogens is 242 g/mol. The van der Waals surface area contributed by atoms with Crippen molar-refractivity contribution in [3.63, 3.8) is 0 Å². The maximum Gasteiger partial charge on any atom is 0.326 e. The van der Waals surface area contributed by atoms with Crippen molar-refractivity contribution in [1.29, 1.82) is 0 Å². The predicted octanol–water partition coefficient (Wildman–Crippen LogP) is 1.79. The van der Waals surface area contributed by atoms with Crippen molar-refractivity contribution in [2.24, 2.45) is 0 Å². The summed E-state index contributed by atoms with van der Waals surface area (Å²) < 4.78 is 4.98. The zero-order valence-electron chi connectivity index (χ0n) is 11.5. The third kappa shape index (κ3) is 2.73. The number of carbonyl (C=O) groups excluding carboxylic acids is 1. The maximum absolute atomic E-state index is 12.1. The molecule has 4 heteroatoms. The number of aryl methyl sites for hydroxylation is 1. The largest absolute Gasteiger partial charge is 0.508 e. The van der Waals surface area contributed by atoms with E-state index in [2.05, 4.69) is 12.2 Å². The second-order valence-corrected chi connectivity index (χ2v) is 5.13. The molecule has 1 unspecified atom stereocenters. The van der Waals surface area contributed by atoms with Gasteiger partial charge in [0, 0.05) is 6.42 Å². The Morgan fingerprint density at radius 1 is 1.47 bits per heavy atom. The van der Waals surface area contributed by atoms with Crippen LogP contribution in [0, 0.1) is 0 Å². The van der Waals surface area contributed by atoms with E-state index in [1.807, 2.05) is 6.07 Å². The van der Waals surface area contributed by atoms with Crippen LogP contribution in [0.2, 0.25) is 0 Å². The second kappa shape index (κ2) is 5.61. The summed E-state index contributed by atoms with van der Waals surface area (Å²) in [5.41, 5.74) is 1.62. The lowest BCUT2D eigenvalue weighted by atomic mass is 9.77. The Hall–Kier alpha value is -1.55. The molecule has 19 heavy (non-hydrogen) atoms. The first kappa shape index (κ1) is 13.9. The molecule has 0 fully saturated rings. The minimum Gasteiger partial charge on any atom is -0.508 e. The number of benzene rings is 1.